The van der Waals surface area contributed by atoms with Crippen molar-refractivity contribution in [3.63, 3.8) is 0 Å². The van der Waals surface area contributed by atoms with E-state index in [0.717, 1.165) is 24.6 Å². The van der Waals surface area contributed by atoms with Gasteiger partial charge in [0, 0.05) is 24.8 Å². The van der Waals surface area contributed by atoms with E-state index in [-0.39, 0.29) is 0 Å². The highest BCUT2D eigenvalue weighted by Crippen LogP contribution is 2.09. The molecule has 0 bridgehead atoms. The van der Waals surface area contributed by atoms with Crippen LogP contribution in [0, 0.1) is 0 Å². The molecule has 0 atom stereocenters. The Bertz CT molecular complexity index is 685. The lowest BCUT2D eigenvalue weighted by molar-refractivity contribution is 0.659. The number of benzene rings is 1. The summed E-state index contributed by atoms with van der Waals surface area (Å²) in [5, 5.41) is 15.7. The van der Waals surface area contributed by atoms with Gasteiger partial charge in [-0.15, -0.1) is 10.2 Å². The van der Waals surface area contributed by atoms with Crippen LogP contribution >= 0.6 is 0 Å². The number of hydrogen-bond acceptors (Lipinski definition) is 4. The molecule has 0 aliphatic rings. The van der Waals surface area contributed by atoms with E-state index in [2.05, 4.69) is 39.7 Å². The molecule has 0 fully saturated rings. The number of nitrogens with one attached hydrogen (secondary N) is 1. The lowest BCUT2D eigenvalue weighted by Crippen LogP contribution is -2.07. The fraction of sp³-hybridized carbons (Fsp3) is 0.267. The van der Waals surface area contributed by atoms with Gasteiger partial charge < -0.3 is 5.32 Å². The van der Waals surface area contributed by atoms with Crippen LogP contribution in [0.25, 0.3) is 0 Å². The van der Waals surface area contributed by atoms with Crippen molar-refractivity contribution in [1.29, 1.82) is 0 Å². The molecule has 0 spiro atoms. The van der Waals surface area contributed by atoms with Gasteiger partial charge in [0.15, 0.2) is 0 Å². The van der Waals surface area contributed by atoms with E-state index < -0.39 is 0 Å². The van der Waals surface area contributed by atoms with Crippen molar-refractivity contribution < 1.29 is 0 Å². The van der Waals surface area contributed by atoms with Gasteiger partial charge in [0.25, 0.3) is 0 Å². The van der Waals surface area contributed by atoms with Crippen LogP contribution in [-0.2, 0) is 19.6 Å². The Balaban J connectivity index is 1.65. The Morgan fingerprint density at radius 3 is 2.76 bits per heavy atom. The zero-order valence-electron chi connectivity index (χ0n) is 12.0. The van der Waals surface area contributed by atoms with Crippen LogP contribution in [0.4, 0.5) is 5.95 Å². The second-order valence-corrected chi connectivity index (χ2v) is 4.83. The van der Waals surface area contributed by atoms with E-state index in [1.165, 1.54) is 5.56 Å². The third kappa shape index (κ3) is 3.28. The van der Waals surface area contributed by atoms with E-state index in [1.807, 2.05) is 39.8 Å². The van der Waals surface area contributed by atoms with Crippen LogP contribution in [0.15, 0.2) is 49.1 Å². The Hall–Kier alpha value is -2.63. The molecule has 0 amide bonds. The monoisotopic (exact) mass is 282 g/mol. The summed E-state index contributed by atoms with van der Waals surface area (Å²) in [6.07, 6.45) is 5.64. The molecule has 2 aromatic heterocycles. The van der Waals surface area contributed by atoms with Gasteiger partial charge in [-0.05, 0) is 12.5 Å². The lowest BCUT2D eigenvalue weighted by Gasteiger charge is -2.08. The van der Waals surface area contributed by atoms with Crippen LogP contribution in [0.1, 0.15) is 18.1 Å². The van der Waals surface area contributed by atoms with Gasteiger partial charge in [-0.3, -0.25) is 9.25 Å². The predicted molar refractivity (Wildman–Crippen MR) is 80.8 cm³/mol. The minimum Gasteiger partial charge on any atom is -0.350 e. The van der Waals surface area contributed by atoms with Crippen molar-refractivity contribution in [3.05, 3.63) is 60.2 Å². The molecule has 6 nitrogen and oxygen atoms in total. The Labute approximate surface area is 123 Å². The third-order valence-electron chi connectivity index (χ3n) is 3.27. The minimum absolute atomic E-state index is 0.688. The number of anilines is 1. The highest BCUT2D eigenvalue weighted by molar-refractivity contribution is 5.27. The maximum absolute atomic E-state index is 4.26. The molecule has 21 heavy (non-hydrogen) atoms. The van der Waals surface area contributed by atoms with E-state index in [1.54, 1.807) is 6.33 Å². The summed E-state index contributed by atoms with van der Waals surface area (Å²) in [4.78, 5) is 0. The summed E-state index contributed by atoms with van der Waals surface area (Å²) in [6.45, 7) is 4.39. The van der Waals surface area contributed by atoms with E-state index in [4.69, 9.17) is 0 Å². The first-order valence-electron chi connectivity index (χ1n) is 7.02. The predicted octanol–water partition coefficient (Wildman–Crippen LogP) is 2.15. The Morgan fingerprint density at radius 1 is 1.14 bits per heavy atom. The average Bonchev–Trinajstić information content (AvgIpc) is 3.15. The molecule has 6 heteroatoms. The molecule has 0 unspecified atom stereocenters. The van der Waals surface area contributed by atoms with Crippen molar-refractivity contribution in [3.8, 4) is 0 Å². The SMILES string of the molecule is CCn1cc(CNc2nncn2Cc2ccccc2)cn1. The quantitative estimate of drug-likeness (QED) is 0.752. The zero-order valence-corrected chi connectivity index (χ0v) is 12.0. The second-order valence-electron chi connectivity index (χ2n) is 4.83. The lowest BCUT2D eigenvalue weighted by atomic mass is 10.2. The molecule has 0 aliphatic heterocycles. The maximum atomic E-state index is 4.26. The van der Waals surface area contributed by atoms with E-state index in [9.17, 15) is 0 Å². The second kappa shape index (κ2) is 6.21. The first-order chi connectivity index (χ1) is 10.3. The maximum Gasteiger partial charge on any atom is 0.224 e. The molecule has 0 saturated heterocycles. The van der Waals surface area contributed by atoms with Gasteiger partial charge in [0.1, 0.15) is 6.33 Å². The highest BCUT2D eigenvalue weighted by Gasteiger charge is 2.05. The van der Waals surface area contributed by atoms with Gasteiger partial charge in [0.05, 0.1) is 12.7 Å². The summed E-state index contributed by atoms with van der Waals surface area (Å²) in [6, 6.07) is 10.3. The fourth-order valence-corrected chi connectivity index (χ4v) is 2.14. The normalized spacial score (nSPS) is 10.7. The molecule has 0 aliphatic carbocycles. The molecule has 1 N–H and O–H groups in total. The summed E-state index contributed by atoms with van der Waals surface area (Å²) < 4.78 is 3.91. The van der Waals surface area contributed by atoms with Crippen LogP contribution in [0.2, 0.25) is 0 Å². The minimum atomic E-state index is 0.688. The standard InChI is InChI=1S/C15H18N6/c1-2-21-11-14(9-18-21)8-16-15-19-17-12-20(15)10-13-6-4-3-5-7-13/h3-7,9,11-12H,2,8,10H2,1H3,(H,16,19). The van der Waals surface area contributed by atoms with Gasteiger partial charge in [-0.1, -0.05) is 30.3 Å². The van der Waals surface area contributed by atoms with Crippen molar-refractivity contribution in [2.24, 2.45) is 0 Å². The van der Waals surface area contributed by atoms with Gasteiger partial charge in [-0.25, -0.2) is 0 Å². The van der Waals surface area contributed by atoms with Crippen LogP contribution < -0.4 is 5.32 Å². The first kappa shape index (κ1) is 13.4. The molecule has 0 radical (unpaired) electrons. The Kier molecular flexibility index (Phi) is 3.95. The Morgan fingerprint density at radius 2 is 2.00 bits per heavy atom. The van der Waals surface area contributed by atoms with Crippen molar-refractivity contribution >= 4 is 5.95 Å². The van der Waals surface area contributed by atoms with Crippen molar-refractivity contribution in [1.82, 2.24) is 24.5 Å². The van der Waals surface area contributed by atoms with Crippen LogP contribution in [0.3, 0.4) is 0 Å². The molecule has 1 aromatic carbocycles. The van der Waals surface area contributed by atoms with Gasteiger partial charge in [0.2, 0.25) is 5.95 Å². The third-order valence-corrected chi connectivity index (χ3v) is 3.27. The number of aromatic nitrogens is 5. The van der Waals surface area contributed by atoms with Crippen LogP contribution in [0.5, 0.6) is 0 Å². The van der Waals surface area contributed by atoms with Gasteiger partial charge >= 0.3 is 0 Å². The number of rotatable bonds is 6. The largest absolute Gasteiger partial charge is 0.350 e. The summed E-state index contributed by atoms with van der Waals surface area (Å²) >= 11 is 0. The number of hydrogen-bond donors (Lipinski definition) is 1. The molecule has 3 rings (SSSR count). The van der Waals surface area contributed by atoms with Crippen molar-refractivity contribution in [2.45, 2.75) is 26.6 Å². The van der Waals surface area contributed by atoms with E-state index >= 15 is 0 Å². The molecular formula is C15H18N6. The summed E-state index contributed by atoms with van der Waals surface area (Å²) in [5.74, 6) is 0.767. The molecule has 108 valence electrons. The van der Waals surface area contributed by atoms with Crippen LogP contribution in [-0.4, -0.2) is 24.5 Å². The molecular weight excluding hydrogens is 264 g/mol. The fourth-order valence-electron chi connectivity index (χ4n) is 2.14. The smallest absolute Gasteiger partial charge is 0.224 e. The highest BCUT2D eigenvalue weighted by atomic mass is 15.3. The molecule has 0 saturated carbocycles. The molecule has 2 heterocycles. The first-order valence-corrected chi connectivity index (χ1v) is 7.02. The number of aryl methyl sites for hydroxylation is 1. The molecule has 3 aromatic rings. The number of nitrogens with zero attached hydrogens (tertiary/aromatic N) is 5. The van der Waals surface area contributed by atoms with Crippen molar-refractivity contribution in [2.75, 3.05) is 5.32 Å². The topological polar surface area (TPSA) is 60.6 Å². The summed E-state index contributed by atoms with van der Waals surface area (Å²) in [7, 11) is 0. The zero-order chi connectivity index (χ0) is 14.5. The summed E-state index contributed by atoms with van der Waals surface area (Å²) in [5.41, 5.74) is 2.35. The average molecular weight is 282 g/mol. The van der Waals surface area contributed by atoms with Gasteiger partial charge in [-0.2, -0.15) is 5.10 Å². The van der Waals surface area contributed by atoms with E-state index in [0.29, 0.717) is 6.54 Å².